The maximum absolute atomic E-state index is 12.5. The van der Waals surface area contributed by atoms with Gasteiger partial charge >= 0.3 is 0 Å². The van der Waals surface area contributed by atoms with Crippen LogP contribution in [0.2, 0.25) is 0 Å². The fraction of sp³-hybridized carbons (Fsp3) is 0.625. The summed E-state index contributed by atoms with van der Waals surface area (Å²) in [6, 6.07) is 10.0. The van der Waals surface area contributed by atoms with Gasteiger partial charge in [0.05, 0.1) is 12.2 Å². The van der Waals surface area contributed by atoms with Gasteiger partial charge in [-0.3, -0.25) is 0 Å². The molecule has 1 aliphatic rings. The quantitative estimate of drug-likeness (QED) is 0.871. The number of ether oxygens (including phenoxy) is 1. The van der Waals surface area contributed by atoms with E-state index in [4.69, 9.17) is 4.74 Å². The zero-order valence-corrected chi connectivity index (χ0v) is 14.3. The fourth-order valence-corrected chi connectivity index (χ4v) is 4.25. The molecule has 0 aliphatic carbocycles. The molecule has 0 spiro atoms. The molecular formula is C16H26N2O3S. The lowest BCUT2D eigenvalue weighted by molar-refractivity contribution is -0.0443. The Morgan fingerprint density at radius 1 is 1.23 bits per heavy atom. The Labute approximate surface area is 133 Å². The van der Waals surface area contributed by atoms with Crippen molar-refractivity contribution < 1.29 is 13.2 Å². The summed E-state index contributed by atoms with van der Waals surface area (Å²) in [5.41, 5.74) is 1.16. The van der Waals surface area contributed by atoms with E-state index in [1.165, 1.54) is 4.31 Å². The largest absolute Gasteiger partial charge is 0.373 e. The second kappa shape index (κ2) is 7.55. The van der Waals surface area contributed by atoms with Crippen LogP contribution in [0.3, 0.4) is 0 Å². The van der Waals surface area contributed by atoms with Crippen LogP contribution in [0.4, 0.5) is 0 Å². The van der Waals surface area contributed by atoms with Crippen LogP contribution < -0.4 is 4.72 Å². The number of hydrogen-bond acceptors (Lipinski definition) is 3. The monoisotopic (exact) mass is 326 g/mol. The van der Waals surface area contributed by atoms with Crippen LogP contribution in [0.5, 0.6) is 0 Å². The molecule has 0 aromatic heterocycles. The first-order valence-electron chi connectivity index (χ1n) is 7.87. The van der Waals surface area contributed by atoms with Gasteiger partial charge in [-0.15, -0.1) is 0 Å². The molecule has 0 saturated carbocycles. The predicted molar refractivity (Wildman–Crippen MR) is 88.0 cm³/mol. The van der Waals surface area contributed by atoms with Crippen LogP contribution in [0, 0.1) is 0 Å². The van der Waals surface area contributed by atoms with Gasteiger partial charge in [0.1, 0.15) is 0 Å². The molecule has 6 heteroatoms. The molecule has 2 rings (SSSR count). The lowest BCUT2D eigenvalue weighted by Gasteiger charge is -2.34. The second-order valence-electron chi connectivity index (χ2n) is 5.94. The molecule has 3 unspecified atom stereocenters. The van der Waals surface area contributed by atoms with Crippen molar-refractivity contribution in [2.24, 2.45) is 0 Å². The summed E-state index contributed by atoms with van der Waals surface area (Å²) < 4.78 is 34.8. The highest BCUT2D eigenvalue weighted by Crippen LogP contribution is 2.19. The van der Waals surface area contributed by atoms with Gasteiger partial charge in [0.25, 0.3) is 10.2 Å². The van der Waals surface area contributed by atoms with E-state index in [9.17, 15) is 8.42 Å². The van der Waals surface area contributed by atoms with E-state index in [-0.39, 0.29) is 18.1 Å². The number of nitrogens with zero attached hydrogens (tertiary/aromatic N) is 1. The Morgan fingerprint density at radius 3 is 2.36 bits per heavy atom. The molecule has 1 saturated heterocycles. The lowest BCUT2D eigenvalue weighted by atomic mass is 9.97. The molecule has 3 atom stereocenters. The SMILES string of the molecule is CCC(CNS(=O)(=O)N1CC(C)OC(C)C1)c1ccccc1. The molecule has 0 amide bonds. The first kappa shape index (κ1) is 17.4. The third-order valence-electron chi connectivity index (χ3n) is 4.00. The minimum atomic E-state index is -3.46. The van der Waals surface area contributed by atoms with Crippen LogP contribution in [0.15, 0.2) is 30.3 Å². The third-order valence-corrected chi connectivity index (χ3v) is 5.51. The van der Waals surface area contributed by atoms with E-state index in [1.54, 1.807) is 0 Å². The van der Waals surface area contributed by atoms with Crippen LogP contribution in [0.1, 0.15) is 38.7 Å². The van der Waals surface area contributed by atoms with Crippen molar-refractivity contribution >= 4 is 10.2 Å². The van der Waals surface area contributed by atoms with Crippen LogP contribution in [-0.2, 0) is 14.9 Å². The van der Waals surface area contributed by atoms with Crippen molar-refractivity contribution in [1.29, 1.82) is 0 Å². The van der Waals surface area contributed by atoms with Gasteiger partial charge in [0.15, 0.2) is 0 Å². The van der Waals surface area contributed by atoms with E-state index in [0.29, 0.717) is 19.6 Å². The number of nitrogens with one attached hydrogen (secondary N) is 1. The molecule has 1 aromatic rings. The topological polar surface area (TPSA) is 58.6 Å². The molecule has 124 valence electrons. The van der Waals surface area contributed by atoms with Crippen molar-refractivity contribution in [3.05, 3.63) is 35.9 Å². The summed E-state index contributed by atoms with van der Waals surface area (Å²) in [5.74, 6) is 0.187. The molecular weight excluding hydrogens is 300 g/mol. The van der Waals surface area contributed by atoms with Gasteiger partial charge in [-0.05, 0) is 31.7 Å². The highest BCUT2D eigenvalue weighted by atomic mass is 32.2. The summed E-state index contributed by atoms with van der Waals surface area (Å²) in [7, 11) is -3.46. The lowest BCUT2D eigenvalue weighted by Crippen LogP contribution is -2.52. The molecule has 1 aliphatic heterocycles. The van der Waals surface area contributed by atoms with E-state index >= 15 is 0 Å². The molecule has 0 radical (unpaired) electrons. The highest BCUT2D eigenvalue weighted by Gasteiger charge is 2.31. The van der Waals surface area contributed by atoms with Gasteiger partial charge < -0.3 is 4.74 Å². The van der Waals surface area contributed by atoms with E-state index in [0.717, 1.165) is 12.0 Å². The van der Waals surface area contributed by atoms with Crippen molar-refractivity contribution in [1.82, 2.24) is 9.03 Å². The standard InChI is InChI=1S/C16H26N2O3S/c1-4-15(16-8-6-5-7-9-16)10-17-22(19,20)18-11-13(2)21-14(3)12-18/h5-9,13-15,17H,4,10-12H2,1-3H3. The fourth-order valence-electron chi connectivity index (χ4n) is 2.85. The molecule has 1 aromatic carbocycles. The van der Waals surface area contributed by atoms with Gasteiger partial charge in [0, 0.05) is 19.6 Å². The zero-order valence-electron chi connectivity index (χ0n) is 13.5. The van der Waals surface area contributed by atoms with E-state index in [1.807, 2.05) is 44.2 Å². The van der Waals surface area contributed by atoms with Crippen LogP contribution in [-0.4, -0.2) is 44.6 Å². The smallest absolute Gasteiger partial charge is 0.279 e. The Hall–Kier alpha value is -0.950. The van der Waals surface area contributed by atoms with Crippen LogP contribution in [0.25, 0.3) is 0 Å². The number of benzene rings is 1. The molecule has 22 heavy (non-hydrogen) atoms. The zero-order chi connectivity index (χ0) is 16.2. The average molecular weight is 326 g/mol. The molecule has 1 N–H and O–H groups in total. The van der Waals surface area contributed by atoms with E-state index < -0.39 is 10.2 Å². The van der Waals surface area contributed by atoms with E-state index in [2.05, 4.69) is 11.6 Å². The first-order valence-corrected chi connectivity index (χ1v) is 9.31. The van der Waals surface area contributed by atoms with Gasteiger partial charge in [0.2, 0.25) is 0 Å². The Kier molecular flexibility index (Phi) is 5.97. The van der Waals surface area contributed by atoms with Gasteiger partial charge in [-0.1, -0.05) is 37.3 Å². The minimum absolute atomic E-state index is 0.0728. The molecule has 1 fully saturated rings. The summed E-state index contributed by atoms with van der Waals surface area (Å²) >= 11 is 0. The molecule has 0 bridgehead atoms. The van der Waals surface area contributed by atoms with Crippen molar-refractivity contribution in [3.8, 4) is 0 Å². The van der Waals surface area contributed by atoms with Crippen molar-refractivity contribution in [2.45, 2.75) is 45.3 Å². The first-order chi connectivity index (χ1) is 10.4. The maximum atomic E-state index is 12.5. The Morgan fingerprint density at radius 2 is 1.82 bits per heavy atom. The van der Waals surface area contributed by atoms with Crippen molar-refractivity contribution in [3.63, 3.8) is 0 Å². The average Bonchev–Trinajstić information content (AvgIpc) is 2.48. The van der Waals surface area contributed by atoms with Crippen molar-refractivity contribution in [2.75, 3.05) is 19.6 Å². The number of hydrogen-bond donors (Lipinski definition) is 1. The minimum Gasteiger partial charge on any atom is -0.373 e. The molecule has 5 nitrogen and oxygen atoms in total. The molecule has 1 heterocycles. The Balaban J connectivity index is 1.99. The summed E-state index contributed by atoms with van der Waals surface area (Å²) in [6.45, 7) is 7.10. The normalized spacial score (nSPS) is 25.0. The third kappa shape index (κ3) is 4.52. The van der Waals surface area contributed by atoms with Gasteiger partial charge in [-0.25, -0.2) is 4.72 Å². The highest BCUT2D eigenvalue weighted by molar-refractivity contribution is 7.87. The summed E-state index contributed by atoms with van der Waals surface area (Å²) in [6.07, 6.45) is 0.746. The predicted octanol–water partition coefficient (Wildman–Crippen LogP) is 2.12. The van der Waals surface area contributed by atoms with Gasteiger partial charge in [-0.2, -0.15) is 12.7 Å². The summed E-state index contributed by atoms with van der Waals surface area (Å²) in [4.78, 5) is 0. The maximum Gasteiger partial charge on any atom is 0.279 e. The number of morpholine rings is 1. The summed E-state index contributed by atoms with van der Waals surface area (Å²) in [5, 5.41) is 0. The van der Waals surface area contributed by atoms with Crippen LogP contribution >= 0.6 is 0 Å². The Bertz CT molecular complexity index is 552. The number of rotatable bonds is 6. The second-order valence-corrected chi connectivity index (χ2v) is 7.70.